The molecule has 0 aliphatic heterocycles. The van der Waals surface area contributed by atoms with E-state index in [4.69, 9.17) is 0 Å². The molecule has 156 valence electrons. The molecule has 1 fully saturated rings. The first-order valence-electron chi connectivity index (χ1n) is 9.70. The van der Waals surface area contributed by atoms with Gasteiger partial charge in [-0.15, -0.1) is 10.2 Å². The van der Waals surface area contributed by atoms with E-state index in [1.807, 2.05) is 30.7 Å². The second-order valence-electron chi connectivity index (χ2n) is 7.28. The van der Waals surface area contributed by atoms with Gasteiger partial charge in [-0.05, 0) is 43.7 Å². The van der Waals surface area contributed by atoms with Crippen LogP contribution in [0.4, 0.5) is 15.6 Å². The topological polar surface area (TPSA) is 102 Å². The number of rotatable bonds is 6. The van der Waals surface area contributed by atoms with Crippen LogP contribution in [-0.4, -0.2) is 31.6 Å². The van der Waals surface area contributed by atoms with Gasteiger partial charge in [-0.3, -0.25) is 10.1 Å². The van der Waals surface area contributed by atoms with Crippen LogP contribution in [0.5, 0.6) is 0 Å². The Bertz CT molecular complexity index is 1070. The van der Waals surface area contributed by atoms with Gasteiger partial charge in [0, 0.05) is 18.5 Å². The molecule has 4 rings (SSSR count). The first-order chi connectivity index (χ1) is 14.5. The summed E-state index contributed by atoms with van der Waals surface area (Å²) in [6.07, 6.45) is 7.32. The van der Waals surface area contributed by atoms with E-state index in [0.29, 0.717) is 16.4 Å². The molecule has 0 saturated heterocycles. The Labute approximate surface area is 182 Å². The van der Waals surface area contributed by atoms with Crippen LogP contribution >= 0.6 is 23.1 Å². The maximum Gasteiger partial charge on any atom is 0.325 e. The zero-order chi connectivity index (χ0) is 21.1. The van der Waals surface area contributed by atoms with Crippen LogP contribution in [0.15, 0.2) is 40.1 Å². The highest BCUT2D eigenvalue weighted by Crippen LogP contribution is 2.33. The van der Waals surface area contributed by atoms with Gasteiger partial charge in [-0.1, -0.05) is 35.8 Å². The van der Waals surface area contributed by atoms with E-state index >= 15 is 0 Å². The lowest BCUT2D eigenvalue weighted by atomic mass is 9.94. The number of aromatic nitrogens is 4. The fourth-order valence-corrected chi connectivity index (χ4v) is 5.19. The molecule has 1 saturated carbocycles. The Balaban J connectivity index is 1.43. The third-order valence-electron chi connectivity index (χ3n) is 4.98. The number of aryl methyl sites for hydroxylation is 2. The molecule has 2 N–H and O–H groups in total. The molecular formula is C20H22N6O2S2. The van der Waals surface area contributed by atoms with Crippen molar-refractivity contribution in [3.8, 4) is 0 Å². The number of nitrogens with zero attached hydrogens (tertiary/aromatic N) is 4. The van der Waals surface area contributed by atoms with Crippen molar-refractivity contribution in [2.75, 3.05) is 10.6 Å². The van der Waals surface area contributed by atoms with Crippen molar-refractivity contribution < 1.29 is 9.59 Å². The molecule has 3 aromatic rings. The number of urea groups is 1. The minimum Gasteiger partial charge on any atom is -0.311 e. The summed E-state index contributed by atoms with van der Waals surface area (Å²) in [5, 5.41) is 14.6. The van der Waals surface area contributed by atoms with Gasteiger partial charge in [-0.25, -0.2) is 9.78 Å². The van der Waals surface area contributed by atoms with Gasteiger partial charge in [0.05, 0.1) is 16.1 Å². The lowest BCUT2D eigenvalue weighted by Gasteiger charge is -2.14. The zero-order valence-corrected chi connectivity index (χ0v) is 18.3. The van der Waals surface area contributed by atoms with Gasteiger partial charge < -0.3 is 9.88 Å². The van der Waals surface area contributed by atoms with Gasteiger partial charge >= 0.3 is 6.03 Å². The summed E-state index contributed by atoms with van der Waals surface area (Å²) >= 11 is 2.77. The summed E-state index contributed by atoms with van der Waals surface area (Å²) < 4.78 is 2.69. The number of carbonyl (C=O) groups excluding carboxylic acids is 2. The van der Waals surface area contributed by atoms with Crippen LogP contribution < -0.4 is 10.6 Å². The number of anilines is 2. The Morgan fingerprint density at radius 2 is 2.03 bits per heavy atom. The molecule has 1 aliphatic rings. The zero-order valence-electron chi connectivity index (χ0n) is 16.7. The maximum atomic E-state index is 12.9. The van der Waals surface area contributed by atoms with Crippen LogP contribution in [0.25, 0.3) is 0 Å². The smallest absolute Gasteiger partial charge is 0.311 e. The fraction of sp³-hybridized carbons (Fsp3) is 0.350. The molecule has 0 atom stereocenters. The van der Waals surface area contributed by atoms with Crippen molar-refractivity contribution in [3.63, 3.8) is 0 Å². The van der Waals surface area contributed by atoms with Crippen molar-refractivity contribution in [2.24, 2.45) is 13.0 Å². The second-order valence-corrected chi connectivity index (χ2v) is 9.58. The number of hydrogen-bond donors (Lipinski definition) is 2. The van der Waals surface area contributed by atoms with E-state index in [9.17, 15) is 9.59 Å². The van der Waals surface area contributed by atoms with Crippen LogP contribution in [0, 0.1) is 12.8 Å². The number of thiazole rings is 1. The van der Waals surface area contributed by atoms with E-state index in [0.717, 1.165) is 40.6 Å². The van der Waals surface area contributed by atoms with Crippen LogP contribution in [-0.2, 0) is 7.05 Å². The minimum atomic E-state index is -0.427. The van der Waals surface area contributed by atoms with E-state index in [1.165, 1.54) is 23.1 Å². The molecule has 0 radical (unpaired) electrons. The second kappa shape index (κ2) is 8.97. The summed E-state index contributed by atoms with van der Waals surface area (Å²) in [5.74, 6) is 0.165. The molecule has 2 amide bonds. The molecule has 8 nitrogen and oxygen atoms in total. The maximum absolute atomic E-state index is 12.9. The highest BCUT2D eigenvalue weighted by molar-refractivity contribution is 8.01. The minimum absolute atomic E-state index is 0.0505. The van der Waals surface area contributed by atoms with Crippen LogP contribution in [0.2, 0.25) is 0 Å². The third kappa shape index (κ3) is 4.71. The molecule has 0 spiro atoms. The van der Waals surface area contributed by atoms with Gasteiger partial charge in [0.1, 0.15) is 6.33 Å². The summed E-state index contributed by atoms with van der Waals surface area (Å²) in [7, 11) is 1.86. The predicted octanol–water partition coefficient (Wildman–Crippen LogP) is 4.75. The van der Waals surface area contributed by atoms with Gasteiger partial charge in [0.2, 0.25) is 0 Å². The van der Waals surface area contributed by atoms with Crippen LogP contribution in [0.1, 0.15) is 41.6 Å². The van der Waals surface area contributed by atoms with Crippen molar-refractivity contribution in [2.45, 2.75) is 42.0 Å². The normalized spacial score (nSPS) is 14.1. The molecule has 0 bridgehead atoms. The Hall–Kier alpha value is -2.72. The Morgan fingerprint density at radius 3 is 2.77 bits per heavy atom. The Morgan fingerprint density at radius 1 is 1.23 bits per heavy atom. The first kappa shape index (κ1) is 20.5. The number of ketones is 1. The van der Waals surface area contributed by atoms with Crippen molar-refractivity contribution in [1.29, 1.82) is 0 Å². The number of carbonyl (C=O) groups is 2. The quantitative estimate of drug-likeness (QED) is 0.534. The van der Waals surface area contributed by atoms with Gasteiger partial charge in [0.25, 0.3) is 0 Å². The summed E-state index contributed by atoms with van der Waals surface area (Å²) in [5.41, 5.74) is 2.10. The first-order valence-corrected chi connectivity index (χ1v) is 11.3. The molecule has 30 heavy (non-hydrogen) atoms. The lowest BCUT2D eigenvalue weighted by molar-refractivity contribution is 0.0923. The molecule has 2 aromatic heterocycles. The third-order valence-corrected chi connectivity index (χ3v) is 7.05. The predicted molar refractivity (Wildman–Crippen MR) is 117 cm³/mol. The van der Waals surface area contributed by atoms with Crippen molar-refractivity contribution >= 4 is 45.7 Å². The highest BCUT2D eigenvalue weighted by Gasteiger charge is 2.26. The van der Waals surface area contributed by atoms with E-state index in [-0.39, 0.29) is 11.7 Å². The van der Waals surface area contributed by atoms with E-state index in [1.54, 1.807) is 18.6 Å². The highest BCUT2D eigenvalue weighted by atomic mass is 32.2. The van der Waals surface area contributed by atoms with E-state index < -0.39 is 6.03 Å². The number of hydrogen-bond acceptors (Lipinski definition) is 7. The summed E-state index contributed by atoms with van der Waals surface area (Å²) in [6.45, 7) is 1.95. The summed E-state index contributed by atoms with van der Waals surface area (Å²) in [4.78, 5) is 29.7. The number of nitrogens with one attached hydrogen (secondary N) is 2. The standard InChI is InChI=1S/C20H22N6O2S2/c1-12-7-8-15(14(9-12)17(27)13-5-3-4-6-13)23-18(28)24-19-21-10-16(29-19)30-20-25-22-11-26(20)2/h7-11,13H,3-6H2,1-2H3,(H2,21,23,24,28). The van der Waals surface area contributed by atoms with Crippen LogP contribution in [0.3, 0.4) is 0 Å². The molecule has 2 heterocycles. The van der Waals surface area contributed by atoms with Crippen molar-refractivity contribution in [3.05, 3.63) is 41.9 Å². The molecule has 1 aliphatic carbocycles. The lowest BCUT2D eigenvalue weighted by Crippen LogP contribution is -2.22. The molecule has 1 aromatic carbocycles. The van der Waals surface area contributed by atoms with Gasteiger partial charge in [0.15, 0.2) is 16.1 Å². The SMILES string of the molecule is Cc1ccc(NC(=O)Nc2ncc(Sc3nncn3C)s2)c(C(=O)C2CCCC2)c1. The fourth-order valence-electron chi connectivity index (χ4n) is 3.45. The number of Topliss-reactive ketones (excluding diaryl/α,β-unsaturated/α-hetero) is 1. The molecule has 0 unspecified atom stereocenters. The summed E-state index contributed by atoms with van der Waals surface area (Å²) in [6, 6.07) is 5.10. The monoisotopic (exact) mass is 442 g/mol. The molecule has 10 heteroatoms. The average Bonchev–Trinajstić information content (AvgIpc) is 3.47. The average molecular weight is 443 g/mol. The van der Waals surface area contributed by atoms with E-state index in [2.05, 4.69) is 25.8 Å². The largest absolute Gasteiger partial charge is 0.325 e. The number of amides is 2. The van der Waals surface area contributed by atoms with Gasteiger partial charge in [-0.2, -0.15) is 0 Å². The Kier molecular flexibility index (Phi) is 6.14. The number of benzene rings is 1. The molecular weight excluding hydrogens is 420 g/mol. The van der Waals surface area contributed by atoms with Crippen molar-refractivity contribution in [1.82, 2.24) is 19.7 Å².